The van der Waals surface area contributed by atoms with Crippen molar-refractivity contribution in [2.24, 2.45) is 11.7 Å². The molecule has 0 bridgehead atoms. The fourth-order valence-corrected chi connectivity index (χ4v) is 2.19. The number of benzene rings is 1. The van der Waals surface area contributed by atoms with Gasteiger partial charge in [0, 0.05) is 19.2 Å². The molecule has 92 valence electrons. The number of primary amides is 1. The Hall–Kier alpha value is -1.71. The molecule has 0 aliphatic heterocycles. The standard InChI is InChI=1S/C13H19N3O/c1-16(8-9-3-2-4-9)12-7-10(13(15)17)5-6-11(12)14/h5-7,9H,2-4,8,14H2,1H3,(H2,15,17). The number of rotatable bonds is 4. The van der Waals surface area contributed by atoms with Gasteiger partial charge in [0.2, 0.25) is 5.91 Å². The van der Waals surface area contributed by atoms with Gasteiger partial charge in [0.15, 0.2) is 0 Å². The molecule has 0 heterocycles. The van der Waals surface area contributed by atoms with Gasteiger partial charge in [0.1, 0.15) is 0 Å². The third-order valence-electron chi connectivity index (χ3n) is 3.48. The van der Waals surface area contributed by atoms with Gasteiger partial charge < -0.3 is 16.4 Å². The molecular formula is C13H19N3O. The molecule has 1 amide bonds. The minimum absolute atomic E-state index is 0.414. The summed E-state index contributed by atoms with van der Waals surface area (Å²) in [5, 5.41) is 0. The van der Waals surface area contributed by atoms with Gasteiger partial charge in [-0.3, -0.25) is 4.79 Å². The van der Waals surface area contributed by atoms with Gasteiger partial charge in [-0.15, -0.1) is 0 Å². The Balaban J connectivity index is 2.16. The second-order valence-electron chi connectivity index (χ2n) is 4.82. The third kappa shape index (κ3) is 2.52. The molecule has 0 aromatic heterocycles. The maximum atomic E-state index is 11.1. The van der Waals surface area contributed by atoms with Crippen molar-refractivity contribution < 1.29 is 4.79 Å². The Morgan fingerprint density at radius 3 is 2.71 bits per heavy atom. The number of hydrogen-bond acceptors (Lipinski definition) is 3. The van der Waals surface area contributed by atoms with Crippen LogP contribution < -0.4 is 16.4 Å². The lowest BCUT2D eigenvalue weighted by Crippen LogP contribution is -2.30. The van der Waals surface area contributed by atoms with Crippen LogP contribution in [0.2, 0.25) is 0 Å². The van der Waals surface area contributed by atoms with Crippen LogP contribution in [0, 0.1) is 5.92 Å². The highest BCUT2D eigenvalue weighted by Crippen LogP contribution is 2.30. The van der Waals surface area contributed by atoms with Crippen LogP contribution in [0.1, 0.15) is 29.6 Å². The summed E-state index contributed by atoms with van der Waals surface area (Å²) in [5.41, 5.74) is 13.3. The zero-order valence-electron chi connectivity index (χ0n) is 10.1. The average molecular weight is 233 g/mol. The number of amides is 1. The number of nitrogen functional groups attached to an aromatic ring is 1. The van der Waals surface area contributed by atoms with Crippen LogP contribution in [0.3, 0.4) is 0 Å². The second kappa shape index (κ2) is 4.65. The molecule has 1 fully saturated rings. The third-order valence-corrected chi connectivity index (χ3v) is 3.48. The molecule has 0 radical (unpaired) electrons. The van der Waals surface area contributed by atoms with Crippen LogP contribution >= 0.6 is 0 Å². The van der Waals surface area contributed by atoms with Gasteiger partial charge >= 0.3 is 0 Å². The van der Waals surface area contributed by atoms with E-state index >= 15 is 0 Å². The van der Waals surface area contributed by atoms with Gasteiger partial charge in [0.25, 0.3) is 0 Å². The van der Waals surface area contributed by atoms with Gasteiger partial charge in [0.05, 0.1) is 11.4 Å². The zero-order valence-corrected chi connectivity index (χ0v) is 10.1. The molecule has 4 nitrogen and oxygen atoms in total. The highest BCUT2D eigenvalue weighted by molar-refractivity contribution is 5.95. The van der Waals surface area contributed by atoms with E-state index in [1.807, 2.05) is 7.05 Å². The lowest BCUT2D eigenvalue weighted by molar-refractivity contribution is 0.100. The summed E-state index contributed by atoms with van der Waals surface area (Å²) in [5.74, 6) is 0.347. The smallest absolute Gasteiger partial charge is 0.248 e. The van der Waals surface area contributed by atoms with E-state index in [9.17, 15) is 4.79 Å². The first-order valence-electron chi connectivity index (χ1n) is 5.98. The molecule has 0 saturated heterocycles. The van der Waals surface area contributed by atoms with Crippen LogP contribution in [0.4, 0.5) is 11.4 Å². The number of anilines is 2. The number of nitrogens with two attached hydrogens (primary N) is 2. The Morgan fingerprint density at radius 1 is 1.47 bits per heavy atom. The van der Waals surface area contributed by atoms with Crippen molar-refractivity contribution in [3.8, 4) is 0 Å². The van der Waals surface area contributed by atoms with Gasteiger partial charge in [-0.2, -0.15) is 0 Å². The van der Waals surface area contributed by atoms with E-state index in [0.717, 1.165) is 18.2 Å². The van der Waals surface area contributed by atoms with Gasteiger partial charge in [-0.25, -0.2) is 0 Å². The molecule has 17 heavy (non-hydrogen) atoms. The summed E-state index contributed by atoms with van der Waals surface area (Å²) in [6.45, 7) is 0.992. The summed E-state index contributed by atoms with van der Waals surface area (Å²) in [6, 6.07) is 5.18. The minimum atomic E-state index is -0.414. The van der Waals surface area contributed by atoms with Crippen LogP contribution in [-0.2, 0) is 0 Å². The molecule has 1 aromatic carbocycles. The predicted molar refractivity (Wildman–Crippen MR) is 70.0 cm³/mol. The lowest BCUT2D eigenvalue weighted by Gasteiger charge is -2.32. The van der Waals surface area contributed by atoms with Crippen molar-refractivity contribution >= 4 is 17.3 Å². The molecular weight excluding hydrogens is 214 g/mol. The zero-order chi connectivity index (χ0) is 12.4. The van der Waals surface area contributed by atoms with Crippen molar-refractivity contribution in [1.29, 1.82) is 0 Å². The van der Waals surface area contributed by atoms with E-state index in [1.165, 1.54) is 19.3 Å². The Morgan fingerprint density at radius 2 is 2.18 bits per heavy atom. The first kappa shape index (κ1) is 11.8. The number of hydrogen-bond donors (Lipinski definition) is 2. The van der Waals surface area contributed by atoms with E-state index in [0.29, 0.717) is 11.3 Å². The molecule has 1 aliphatic carbocycles. The number of nitrogens with zero attached hydrogens (tertiary/aromatic N) is 1. The maximum absolute atomic E-state index is 11.1. The molecule has 1 aromatic rings. The number of carbonyl (C=O) groups excluding carboxylic acids is 1. The molecule has 1 aliphatic rings. The van der Waals surface area contributed by atoms with Gasteiger partial charge in [-0.1, -0.05) is 6.42 Å². The first-order chi connectivity index (χ1) is 8.08. The fraction of sp³-hybridized carbons (Fsp3) is 0.462. The van der Waals surface area contributed by atoms with E-state index in [2.05, 4.69) is 4.90 Å². The van der Waals surface area contributed by atoms with Crippen molar-refractivity contribution in [3.63, 3.8) is 0 Å². The highest BCUT2D eigenvalue weighted by atomic mass is 16.1. The highest BCUT2D eigenvalue weighted by Gasteiger charge is 2.20. The molecule has 4 heteroatoms. The summed E-state index contributed by atoms with van der Waals surface area (Å²) >= 11 is 0. The molecule has 0 atom stereocenters. The monoisotopic (exact) mass is 233 g/mol. The average Bonchev–Trinajstić information content (AvgIpc) is 2.23. The molecule has 2 rings (SSSR count). The van der Waals surface area contributed by atoms with Crippen LogP contribution in [-0.4, -0.2) is 19.5 Å². The number of carbonyl (C=O) groups is 1. The normalized spacial score (nSPS) is 15.4. The molecule has 0 spiro atoms. The largest absolute Gasteiger partial charge is 0.397 e. The summed E-state index contributed by atoms with van der Waals surface area (Å²) in [4.78, 5) is 13.3. The SMILES string of the molecule is CN(CC1CCC1)c1cc(C(N)=O)ccc1N. The Kier molecular flexibility index (Phi) is 3.22. The van der Waals surface area contributed by atoms with E-state index in [4.69, 9.17) is 11.5 Å². The van der Waals surface area contributed by atoms with Gasteiger partial charge in [-0.05, 0) is 37.0 Å². The Labute approximate surface area is 102 Å². The van der Waals surface area contributed by atoms with Crippen LogP contribution in [0.5, 0.6) is 0 Å². The second-order valence-corrected chi connectivity index (χ2v) is 4.82. The van der Waals surface area contributed by atoms with Crippen molar-refractivity contribution in [1.82, 2.24) is 0 Å². The molecule has 0 unspecified atom stereocenters. The topological polar surface area (TPSA) is 72.3 Å². The van der Waals surface area contributed by atoms with Crippen molar-refractivity contribution in [3.05, 3.63) is 23.8 Å². The van der Waals surface area contributed by atoms with Crippen molar-refractivity contribution in [2.75, 3.05) is 24.2 Å². The molecule has 4 N–H and O–H groups in total. The molecule has 1 saturated carbocycles. The quantitative estimate of drug-likeness (QED) is 0.776. The van der Waals surface area contributed by atoms with Crippen LogP contribution in [0.15, 0.2) is 18.2 Å². The van der Waals surface area contributed by atoms with Crippen molar-refractivity contribution in [2.45, 2.75) is 19.3 Å². The summed E-state index contributed by atoms with van der Waals surface area (Å²) < 4.78 is 0. The first-order valence-corrected chi connectivity index (χ1v) is 5.98. The lowest BCUT2D eigenvalue weighted by atomic mass is 9.85. The minimum Gasteiger partial charge on any atom is -0.397 e. The maximum Gasteiger partial charge on any atom is 0.248 e. The van der Waals surface area contributed by atoms with E-state index in [-0.39, 0.29) is 0 Å². The van der Waals surface area contributed by atoms with Crippen LogP contribution in [0.25, 0.3) is 0 Å². The summed E-state index contributed by atoms with van der Waals surface area (Å²) in [6.07, 6.45) is 3.91. The van der Waals surface area contributed by atoms with E-state index in [1.54, 1.807) is 18.2 Å². The summed E-state index contributed by atoms with van der Waals surface area (Å²) in [7, 11) is 2.01. The van der Waals surface area contributed by atoms with E-state index < -0.39 is 5.91 Å². The predicted octanol–water partition coefficient (Wildman–Crippen LogP) is 1.60. The Bertz CT molecular complexity index is 427. The fourth-order valence-electron chi connectivity index (χ4n) is 2.19.